The molecule has 1 atom stereocenters. The van der Waals surface area contributed by atoms with Crippen molar-refractivity contribution in [3.8, 4) is 0 Å². The summed E-state index contributed by atoms with van der Waals surface area (Å²) in [5.74, 6) is 0.317. The Morgan fingerprint density at radius 3 is 2.43 bits per heavy atom. The molecule has 1 unspecified atom stereocenters. The molecule has 3 fully saturated rings. The van der Waals surface area contributed by atoms with Crippen LogP contribution in [0.25, 0.3) is 0 Å². The van der Waals surface area contributed by atoms with Gasteiger partial charge in [0.05, 0.1) is 17.8 Å². The Morgan fingerprint density at radius 1 is 1.10 bits per heavy atom. The van der Waals surface area contributed by atoms with Crippen LogP contribution in [0.1, 0.15) is 67.0 Å². The van der Waals surface area contributed by atoms with E-state index in [1.807, 2.05) is 24.3 Å². The Morgan fingerprint density at radius 2 is 1.80 bits per heavy atom. The molecule has 0 radical (unpaired) electrons. The number of nitrogens with zero attached hydrogens (tertiary/aromatic N) is 5. The molecule has 3 aliphatic rings. The highest BCUT2D eigenvalue weighted by Crippen LogP contribution is 2.59. The Bertz CT molecular complexity index is 926. The first-order valence-electron chi connectivity index (χ1n) is 11.1. The number of aromatic nitrogens is 3. The summed E-state index contributed by atoms with van der Waals surface area (Å²) >= 11 is 0. The van der Waals surface area contributed by atoms with Gasteiger partial charge in [0.15, 0.2) is 0 Å². The van der Waals surface area contributed by atoms with Crippen molar-refractivity contribution in [3.05, 3.63) is 48.3 Å². The molecule has 0 aromatic carbocycles. The average molecular weight is 408 g/mol. The van der Waals surface area contributed by atoms with Crippen molar-refractivity contribution in [2.45, 2.75) is 57.0 Å². The third kappa shape index (κ3) is 3.02. The van der Waals surface area contributed by atoms with Crippen LogP contribution in [0.3, 0.4) is 0 Å². The lowest BCUT2D eigenvalue weighted by atomic mass is 9.59. The van der Waals surface area contributed by atoms with E-state index in [2.05, 4.69) is 27.0 Å². The van der Waals surface area contributed by atoms with Crippen LogP contribution >= 0.6 is 0 Å². The van der Waals surface area contributed by atoms with E-state index in [4.69, 9.17) is 0 Å². The van der Waals surface area contributed by atoms with Crippen molar-refractivity contribution in [3.63, 3.8) is 0 Å². The van der Waals surface area contributed by atoms with Crippen molar-refractivity contribution in [1.82, 2.24) is 24.3 Å². The van der Waals surface area contributed by atoms with Gasteiger partial charge in [0.1, 0.15) is 5.69 Å². The molecule has 1 spiro atoms. The fourth-order valence-corrected chi connectivity index (χ4v) is 5.80. The number of hydrogen-bond donors (Lipinski definition) is 0. The number of piperidine rings is 1. The molecule has 158 valence electrons. The van der Waals surface area contributed by atoms with Crippen LogP contribution in [0.2, 0.25) is 0 Å². The van der Waals surface area contributed by atoms with Gasteiger partial charge in [-0.3, -0.25) is 14.6 Å². The average Bonchev–Trinajstić information content (AvgIpc) is 3.24. The topological polar surface area (TPSA) is 71.3 Å². The van der Waals surface area contributed by atoms with Crippen LogP contribution in [-0.2, 0) is 11.8 Å². The fourth-order valence-electron chi connectivity index (χ4n) is 5.80. The first kappa shape index (κ1) is 19.3. The number of amides is 2. The molecule has 1 aliphatic carbocycles. The van der Waals surface area contributed by atoms with Gasteiger partial charge in [-0.25, -0.2) is 4.98 Å². The predicted molar refractivity (Wildman–Crippen MR) is 111 cm³/mol. The quantitative estimate of drug-likeness (QED) is 0.734. The molecular weight excluding hydrogens is 378 g/mol. The van der Waals surface area contributed by atoms with Crippen LogP contribution in [0.5, 0.6) is 0 Å². The first-order valence-corrected chi connectivity index (χ1v) is 11.1. The molecule has 2 aromatic rings. The summed E-state index contributed by atoms with van der Waals surface area (Å²) in [6.07, 6.45) is 14.2. The molecule has 4 heterocycles. The summed E-state index contributed by atoms with van der Waals surface area (Å²) in [6, 6.07) is 4.48. The first-order chi connectivity index (χ1) is 14.6. The molecule has 30 heavy (non-hydrogen) atoms. The number of pyridine rings is 1. The number of imidazole rings is 1. The number of aryl methyl sites for hydroxylation is 1. The summed E-state index contributed by atoms with van der Waals surface area (Å²) < 4.78 is 1.79. The molecule has 0 bridgehead atoms. The van der Waals surface area contributed by atoms with Crippen molar-refractivity contribution in [2.24, 2.45) is 12.5 Å². The van der Waals surface area contributed by atoms with E-state index in [9.17, 15) is 9.59 Å². The van der Waals surface area contributed by atoms with E-state index in [1.54, 1.807) is 17.1 Å². The minimum absolute atomic E-state index is 0.0154. The molecule has 7 nitrogen and oxygen atoms in total. The number of β-lactam (4-membered cyclic amide) rings is 1. The summed E-state index contributed by atoms with van der Waals surface area (Å²) in [4.78, 5) is 38.6. The highest BCUT2D eigenvalue weighted by Gasteiger charge is 2.62. The predicted octanol–water partition coefficient (Wildman–Crippen LogP) is 2.95. The number of likely N-dealkylation sites (tertiary alicyclic amines) is 2. The van der Waals surface area contributed by atoms with E-state index in [0.717, 1.165) is 38.5 Å². The number of carbonyl (C=O) groups is 2. The molecule has 2 aliphatic heterocycles. The molecule has 2 saturated heterocycles. The third-order valence-electron chi connectivity index (χ3n) is 7.30. The Labute approximate surface area is 177 Å². The molecule has 5 rings (SSSR count). The van der Waals surface area contributed by atoms with Crippen LogP contribution in [0, 0.1) is 5.41 Å². The lowest BCUT2D eigenvalue weighted by Crippen LogP contribution is -2.67. The Kier molecular flexibility index (Phi) is 4.83. The second-order valence-electron chi connectivity index (χ2n) is 9.06. The second-order valence-corrected chi connectivity index (χ2v) is 9.06. The van der Waals surface area contributed by atoms with Crippen molar-refractivity contribution in [2.75, 3.05) is 13.1 Å². The largest absolute Gasteiger partial charge is 0.340 e. The van der Waals surface area contributed by atoms with Crippen LogP contribution in [0.4, 0.5) is 0 Å². The van der Waals surface area contributed by atoms with Gasteiger partial charge in [-0.2, -0.15) is 0 Å². The zero-order chi connectivity index (χ0) is 20.7. The molecule has 1 saturated carbocycles. The van der Waals surface area contributed by atoms with E-state index in [-0.39, 0.29) is 23.4 Å². The highest BCUT2D eigenvalue weighted by molar-refractivity contribution is 5.92. The molecular formula is C23H29N5O2. The van der Waals surface area contributed by atoms with Gasteiger partial charge in [0.2, 0.25) is 5.91 Å². The minimum Gasteiger partial charge on any atom is -0.340 e. The van der Waals surface area contributed by atoms with Crippen molar-refractivity contribution >= 4 is 11.8 Å². The number of rotatable bonds is 3. The van der Waals surface area contributed by atoms with Gasteiger partial charge >= 0.3 is 0 Å². The van der Waals surface area contributed by atoms with Crippen LogP contribution in [-0.4, -0.2) is 55.3 Å². The minimum atomic E-state index is -0.222. The standard InChI is InChI=1S/C23H29N5O2/c1-26-15-19(25-16-26)21(29)27-13-7-18(8-14-27)28-20(17-5-11-24-12-6-17)23(22(28)30)9-3-2-4-10-23/h5-6,11-12,15-16,18,20H,2-4,7-10,13-14H2,1H3. The Hall–Kier alpha value is -2.70. The number of carbonyl (C=O) groups excluding carboxylic acids is 2. The SMILES string of the molecule is Cn1cnc(C(=O)N2CCC(N3C(=O)C4(CCCCC4)C3c3ccncc3)CC2)c1. The number of hydrogen-bond acceptors (Lipinski definition) is 4. The maximum absolute atomic E-state index is 13.5. The van der Waals surface area contributed by atoms with E-state index in [1.165, 1.54) is 12.0 Å². The Balaban J connectivity index is 1.32. The normalized spacial score (nSPS) is 24.2. The van der Waals surface area contributed by atoms with Crippen molar-refractivity contribution < 1.29 is 9.59 Å². The maximum atomic E-state index is 13.5. The van der Waals surface area contributed by atoms with Gasteiger partial charge in [0, 0.05) is 44.8 Å². The van der Waals surface area contributed by atoms with Crippen molar-refractivity contribution in [1.29, 1.82) is 0 Å². The van der Waals surface area contributed by atoms with Crippen LogP contribution in [0.15, 0.2) is 37.1 Å². The summed E-state index contributed by atoms with van der Waals surface area (Å²) in [7, 11) is 1.87. The van der Waals surface area contributed by atoms with E-state index in [0.29, 0.717) is 24.7 Å². The molecule has 2 aromatic heterocycles. The van der Waals surface area contributed by atoms with Gasteiger partial charge in [-0.15, -0.1) is 0 Å². The lowest BCUT2D eigenvalue weighted by molar-refractivity contribution is -0.186. The van der Waals surface area contributed by atoms with Gasteiger partial charge in [0.25, 0.3) is 5.91 Å². The van der Waals surface area contributed by atoms with E-state index >= 15 is 0 Å². The van der Waals surface area contributed by atoms with E-state index < -0.39 is 0 Å². The molecule has 0 N–H and O–H groups in total. The summed E-state index contributed by atoms with van der Waals surface area (Å²) in [5, 5.41) is 0. The van der Waals surface area contributed by atoms with Gasteiger partial charge < -0.3 is 14.4 Å². The highest BCUT2D eigenvalue weighted by atomic mass is 16.2. The maximum Gasteiger partial charge on any atom is 0.274 e. The van der Waals surface area contributed by atoms with Gasteiger partial charge in [-0.05, 0) is 43.4 Å². The second kappa shape index (κ2) is 7.52. The molecule has 7 heteroatoms. The molecule has 2 amide bonds. The third-order valence-corrected chi connectivity index (χ3v) is 7.30. The monoisotopic (exact) mass is 407 g/mol. The smallest absolute Gasteiger partial charge is 0.274 e. The zero-order valence-electron chi connectivity index (χ0n) is 17.5. The summed E-state index contributed by atoms with van der Waals surface area (Å²) in [5.41, 5.74) is 1.48. The summed E-state index contributed by atoms with van der Waals surface area (Å²) in [6.45, 7) is 1.33. The lowest BCUT2D eigenvalue weighted by Gasteiger charge is -2.61. The van der Waals surface area contributed by atoms with Crippen LogP contribution < -0.4 is 0 Å². The van der Waals surface area contributed by atoms with Gasteiger partial charge in [-0.1, -0.05) is 19.3 Å². The fraction of sp³-hybridized carbons (Fsp3) is 0.565. The zero-order valence-corrected chi connectivity index (χ0v) is 17.5.